The van der Waals surface area contributed by atoms with Gasteiger partial charge in [-0.05, 0) is 31.4 Å². The normalized spacial score (nSPS) is 26.4. The maximum Gasteiger partial charge on any atom is 0.138 e. The van der Waals surface area contributed by atoms with Gasteiger partial charge in [-0.25, -0.2) is 0 Å². The summed E-state index contributed by atoms with van der Waals surface area (Å²) < 4.78 is 0. The van der Waals surface area contributed by atoms with Crippen molar-refractivity contribution in [2.45, 2.75) is 45.6 Å². The Hall–Kier alpha value is -1.15. The Balaban J connectivity index is 1.87. The Morgan fingerprint density at radius 1 is 1.26 bits per heavy atom. The highest BCUT2D eigenvalue weighted by molar-refractivity contribution is 5.82. The van der Waals surface area contributed by atoms with E-state index in [0.717, 1.165) is 25.9 Å². The largest absolute Gasteiger partial charge is 0.299 e. The van der Waals surface area contributed by atoms with Crippen LogP contribution in [0.2, 0.25) is 0 Å². The molecule has 1 fully saturated rings. The molecule has 0 spiro atoms. The molecule has 0 amide bonds. The summed E-state index contributed by atoms with van der Waals surface area (Å²) in [6.45, 7) is 8.58. The number of hydrogen-bond acceptors (Lipinski definition) is 2. The van der Waals surface area contributed by atoms with Crippen LogP contribution in [0.25, 0.3) is 0 Å². The summed E-state index contributed by atoms with van der Waals surface area (Å²) in [5, 5.41) is 0. The topological polar surface area (TPSA) is 20.3 Å². The minimum atomic E-state index is 0.195. The third kappa shape index (κ3) is 3.44. The van der Waals surface area contributed by atoms with Crippen molar-refractivity contribution in [3.05, 3.63) is 35.9 Å². The van der Waals surface area contributed by atoms with Crippen molar-refractivity contribution in [3.63, 3.8) is 0 Å². The summed E-state index contributed by atoms with van der Waals surface area (Å²) in [5.41, 5.74) is 1.41. The molecular formula is C17H25NO. The molecule has 0 aromatic heterocycles. The number of piperidine rings is 1. The smallest absolute Gasteiger partial charge is 0.138 e. The molecule has 1 aromatic rings. The fraction of sp³-hybridized carbons (Fsp3) is 0.588. The quantitative estimate of drug-likeness (QED) is 0.825. The predicted molar refractivity (Wildman–Crippen MR) is 79.3 cm³/mol. The molecule has 2 nitrogen and oxygen atoms in total. The number of hydrogen-bond donors (Lipinski definition) is 0. The van der Waals surface area contributed by atoms with Crippen LogP contribution in [0.3, 0.4) is 0 Å². The van der Waals surface area contributed by atoms with Crippen LogP contribution in [0, 0.1) is 5.92 Å². The molecule has 1 aliphatic rings. The fourth-order valence-electron chi connectivity index (χ4n) is 2.89. The van der Waals surface area contributed by atoms with Gasteiger partial charge in [-0.1, -0.05) is 44.2 Å². The van der Waals surface area contributed by atoms with E-state index in [1.807, 2.05) is 0 Å². The van der Waals surface area contributed by atoms with E-state index in [2.05, 4.69) is 56.0 Å². The first-order chi connectivity index (χ1) is 9.09. The van der Waals surface area contributed by atoms with Crippen molar-refractivity contribution >= 4 is 5.78 Å². The van der Waals surface area contributed by atoms with Gasteiger partial charge in [0.15, 0.2) is 0 Å². The summed E-state index contributed by atoms with van der Waals surface area (Å²) >= 11 is 0. The fourth-order valence-corrected chi connectivity index (χ4v) is 2.89. The summed E-state index contributed by atoms with van der Waals surface area (Å²) in [6, 6.07) is 11.1. The first-order valence-electron chi connectivity index (χ1n) is 7.41. The molecule has 3 atom stereocenters. The van der Waals surface area contributed by atoms with Crippen molar-refractivity contribution in [1.29, 1.82) is 0 Å². The monoisotopic (exact) mass is 259 g/mol. The second-order valence-corrected chi connectivity index (χ2v) is 5.88. The minimum absolute atomic E-state index is 0.195. The van der Waals surface area contributed by atoms with Crippen LogP contribution in [-0.4, -0.2) is 29.8 Å². The van der Waals surface area contributed by atoms with Crippen LogP contribution in [0.15, 0.2) is 30.3 Å². The molecule has 1 heterocycles. The van der Waals surface area contributed by atoms with Gasteiger partial charge in [-0.3, -0.25) is 9.69 Å². The lowest BCUT2D eigenvalue weighted by Crippen LogP contribution is -2.47. The van der Waals surface area contributed by atoms with E-state index < -0.39 is 0 Å². The maximum atomic E-state index is 11.7. The minimum Gasteiger partial charge on any atom is -0.299 e. The van der Waals surface area contributed by atoms with Gasteiger partial charge in [0, 0.05) is 24.9 Å². The van der Waals surface area contributed by atoms with Crippen LogP contribution in [-0.2, 0) is 4.79 Å². The SMILES string of the molecule is CC(CCN1CCC(=O)C(C)C1C)c1ccccc1. The first kappa shape index (κ1) is 14.3. The van der Waals surface area contributed by atoms with Crippen LogP contribution >= 0.6 is 0 Å². The number of likely N-dealkylation sites (tertiary alicyclic amines) is 1. The van der Waals surface area contributed by atoms with Gasteiger partial charge in [0.2, 0.25) is 0 Å². The van der Waals surface area contributed by atoms with E-state index in [1.54, 1.807) is 0 Å². The number of ketones is 1. The molecule has 0 bridgehead atoms. The Kier molecular flexibility index (Phi) is 4.76. The average Bonchev–Trinajstić information content (AvgIpc) is 2.45. The Bertz CT molecular complexity index is 415. The average molecular weight is 259 g/mol. The van der Waals surface area contributed by atoms with E-state index in [9.17, 15) is 4.79 Å². The maximum absolute atomic E-state index is 11.7. The molecule has 3 unspecified atom stereocenters. The lowest BCUT2D eigenvalue weighted by Gasteiger charge is -2.37. The molecule has 104 valence electrons. The summed E-state index contributed by atoms with van der Waals surface area (Å²) in [5.74, 6) is 1.21. The molecule has 2 heteroatoms. The van der Waals surface area contributed by atoms with E-state index in [1.165, 1.54) is 5.56 Å². The number of rotatable bonds is 4. The molecule has 19 heavy (non-hydrogen) atoms. The van der Waals surface area contributed by atoms with Crippen molar-refractivity contribution < 1.29 is 4.79 Å². The summed E-state index contributed by atoms with van der Waals surface area (Å²) in [7, 11) is 0. The Morgan fingerprint density at radius 2 is 1.95 bits per heavy atom. The van der Waals surface area contributed by atoms with Gasteiger partial charge in [-0.15, -0.1) is 0 Å². The van der Waals surface area contributed by atoms with Crippen LogP contribution in [0.4, 0.5) is 0 Å². The van der Waals surface area contributed by atoms with Crippen molar-refractivity contribution in [2.75, 3.05) is 13.1 Å². The molecule has 0 saturated carbocycles. The summed E-state index contributed by atoms with van der Waals surface area (Å²) in [6.07, 6.45) is 1.89. The lowest BCUT2D eigenvalue weighted by atomic mass is 9.89. The molecule has 1 aromatic carbocycles. The molecule has 1 saturated heterocycles. The second-order valence-electron chi connectivity index (χ2n) is 5.88. The van der Waals surface area contributed by atoms with Crippen molar-refractivity contribution in [2.24, 2.45) is 5.92 Å². The summed E-state index contributed by atoms with van der Waals surface area (Å²) in [4.78, 5) is 14.2. The second kappa shape index (κ2) is 6.33. The van der Waals surface area contributed by atoms with Gasteiger partial charge in [0.25, 0.3) is 0 Å². The van der Waals surface area contributed by atoms with Crippen LogP contribution < -0.4 is 0 Å². The highest BCUT2D eigenvalue weighted by Crippen LogP contribution is 2.23. The van der Waals surface area contributed by atoms with Gasteiger partial charge in [0.1, 0.15) is 5.78 Å². The molecule has 1 aliphatic heterocycles. The van der Waals surface area contributed by atoms with Gasteiger partial charge < -0.3 is 0 Å². The van der Waals surface area contributed by atoms with E-state index in [-0.39, 0.29) is 5.92 Å². The molecule has 0 N–H and O–H groups in total. The zero-order valence-electron chi connectivity index (χ0n) is 12.3. The van der Waals surface area contributed by atoms with Gasteiger partial charge in [-0.2, -0.15) is 0 Å². The number of nitrogens with zero attached hydrogens (tertiary/aromatic N) is 1. The predicted octanol–water partition coefficient (Wildman–Crippen LogP) is 3.48. The zero-order chi connectivity index (χ0) is 13.8. The standard InChI is InChI=1S/C17H25NO/c1-13(16-7-5-4-6-8-16)9-11-18-12-10-17(19)14(2)15(18)3/h4-8,13-15H,9-12H2,1-3H3. The number of benzene rings is 1. The highest BCUT2D eigenvalue weighted by atomic mass is 16.1. The van der Waals surface area contributed by atoms with Crippen LogP contribution in [0.5, 0.6) is 0 Å². The molecule has 2 rings (SSSR count). The third-order valence-corrected chi connectivity index (χ3v) is 4.67. The van der Waals surface area contributed by atoms with Crippen molar-refractivity contribution in [1.82, 2.24) is 4.90 Å². The molecule has 0 radical (unpaired) electrons. The zero-order valence-corrected chi connectivity index (χ0v) is 12.3. The molecule has 0 aliphatic carbocycles. The van der Waals surface area contributed by atoms with Crippen molar-refractivity contribution in [3.8, 4) is 0 Å². The van der Waals surface area contributed by atoms with E-state index in [0.29, 0.717) is 17.7 Å². The molecular weight excluding hydrogens is 234 g/mol. The van der Waals surface area contributed by atoms with E-state index in [4.69, 9.17) is 0 Å². The number of Topliss-reactive ketones (excluding diaryl/α,β-unsaturated/α-hetero) is 1. The lowest BCUT2D eigenvalue weighted by molar-refractivity contribution is -0.127. The first-order valence-corrected chi connectivity index (χ1v) is 7.41. The van der Waals surface area contributed by atoms with Gasteiger partial charge in [0.05, 0.1) is 0 Å². The highest BCUT2D eigenvalue weighted by Gasteiger charge is 2.30. The Morgan fingerprint density at radius 3 is 2.63 bits per heavy atom. The number of carbonyl (C=O) groups excluding carboxylic acids is 1. The van der Waals surface area contributed by atoms with Crippen LogP contribution in [0.1, 0.15) is 45.1 Å². The van der Waals surface area contributed by atoms with Gasteiger partial charge >= 0.3 is 0 Å². The Labute approximate surface area is 116 Å². The third-order valence-electron chi connectivity index (χ3n) is 4.67. The number of carbonyl (C=O) groups is 1. The van der Waals surface area contributed by atoms with E-state index >= 15 is 0 Å².